The molecular formula is C23H26FN5O2. The molecule has 162 valence electrons. The normalized spacial score (nSPS) is 16.7. The Morgan fingerprint density at radius 2 is 2.13 bits per heavy atom. The third-order valence-corrected chi connectivity index (χ3v) is 6.30. The SMILES string of the molecule is C=Cc1cnc(-c2c[nH]c3ncc(F)cc23)nc1NC(CC(=O)O)C1(C)CCCCC1. The van der Waals surface area contributed by atoms with Gasteiger partial charge in [-0.25, -0.2) is 19.3 Å². The van der Waals surface area contributed by atoms with Gasteiger partial charge in [-0.05, 0) is 24.3 Å². The summed E-state index contributed by atoms with van der Waals surface area (Å²) in [5, 5.41) is 13.5. The van der Waals surface area contributed by atoms with Crippen LogP contribution in [0.2, 0.25) is 0 Å². The van der Waals surface area contributed by atoms with Crippen molar-refractivity contribution in [1.82, 2.24) is 19.9 Å². The van der Waals surface area contributed by atoms with Crippen LogP contribution in [-0.4, -0.2) is 37.1 Å². The maximum absolute atomic E-state index is 13.8. The number of H-pyrrole nitrogens is 1. The number of hydrogen-bond donors (Lipinski definition) is 3. The first-order valence-corrected chi connectivity index (χ1v) is 10.5. The van der Waals surface area contributed by atoms with E-state index in [4.69, 9.17) is 0 Å². The van der Waals surface area contributed by atoms with Crippen LogP contribution in [0.5, 0.6) is 0 Å². The highest BCUT2D eigenvalue weighted by Crippen LogP contribution is 2.41. The fourth-order valence-corrected chi connectivity index (χ4v) is 4.47. The van der Waals surface area contributed by atoms with Crippen molar-refractivity contribution in [2.24, 2.45) is 5.41 Å². The fourth-order valence-electron chi connectivity index (χ4n) is 4.47. The zero-order chi connectivity index (χ0) is 22.0. The van der Waals surface area contributed by atoms with E-state index >= 15 is 0 Å². The predicted molar refractivity (Wildman–Crippen MR) is 118 cm³/mol. The number of hydrogen-bond acceptors (Lipinski definition) is 5. The second-order valence-electron chi connectivity index (χ2n) is 8.46. The van der Waals surface area contributed by atoms with Crippen LogP contribution in [0, 0.1) is 11.2 Å². The molecule has 1 aliphatic rings. The number of carboxylic acid groups (broad SMARTS) is 1. The Morgan fingerprint density at radius 3 is 2.84 bits per heavy atom. The van der Waals surface area contributed by atoms with Crippen LogP contribution in [0.3, 0.4) is 0 Å². The number of carboxylic acids is 1. The maximum Gasteiger partial charge on any atom is 0.305 e. The van der Waals surface area contributed by atoms with Gasteiger partial charge in [0.05, 0.1) is 12.6 Å². The summed E-state index contributed by atoms with van der Waals surface area (Å²) in [4.78, 5) is 27.8. The number of carbonyl (C=O) groups is 1. The van der Waals surface area contributed by atoms with E-state index in [-0.39, 0.29) is 17.9 Å². The maximum atomic E-state index is 13.8. The number of aromatic amines is 1. The molecule has 0 aliphatic heterocycles. The van der Waals surface area contributed by atoms with Crippen molar-refractivity contribution in [2.45, 2.75) is 51.5 Å². The standard InChI is InChI=1S/C23H26FN5O2/c1-3-14-11-25-22(17-13-27-21-16(17)9-15(24)12-26-21)29-20(14)28-18(10-19(30)31)23(2)7-5-4-6-8-23/h3,9,11-13,18H,1,4-8,10H2,2H3,(H,26,27)(H,30,31)(H,25,28,29). The van der Waals surface area contributed by atoms with E-state index in [1.165, 1.54) is 12.5 Å². The molecule has 31 heavy (non-hydrogen) atoms. The van der Waals surface area contributed by atoms with Gasteiger partial charge in [0, 0.05) is 34.9 Å². The highest BCUT2D eigenvalue weighted by molar-refractivity contribution is 5.91. The lowest BCUT2D eigenvalue weighted by molar-refractivity contribution is -0.138. The average Bonchev–Trinajstić information content (AvgIpc) is 3.16. The molecule has 0 radical (unpaired) electrons. The molecule has 7 nitrogen and oxygen atoms in total. The number of anilines is 1. The van der Waals surface area contributed by atoms with Crippen molar-refractivity contribution < 1.29 is 14.3 Å². The summed E-state index contributed by atoms with van der Waals surface area (Å²) in [7, 11) is 0. The molecule has 0 spiro atoms. The van der Waals surface area contributed by atoms with Crippen LogP contribution in [0.1, 0.15) is 51.0 Å². The molecule has 1 aliphatic carbocycles. The summed E-state index contributed by atoms with van der Waals surface area (Å²) in [6, 6.07) is 1.11. The highest BCUT2D eigenvalue weighted by atomic mass is 19.1. The molecule has 0 saturated heterocycles. The van der Waals surface area contributed by atoms with Gasteiger partial charge in [0.25, 0.3) is 0 Å². The van der Waals surface area contributed by atoms with Gasteiger partial charge < -0.3 is 15.4 Å². The number of pyridine rings is 1. The van der Waals surface area contributed by atoms with Crippen LogP contribution < -0.4 is 5.32 Å². The molecule has 1 fully saturated rings. The number of nitrogens with one attached hydrogen (secondary N) is 2. The number of aromatic nitrogens is 4. The molecule has 8 heteroatoms. The van der Waals surface area contributed by atoms with Gasteiger partial charge in [-0.1, -0.05) is 38.8 Å². The molecule has 4 rings (SSSR count). The lowest BCUT2D eigenvalue weighted by Gasteiger charge is -2.41. The van der Waals surface area contributed by atoms with Crippen molar-refractivity contribution >= 4 is 28.9 Å². The van der Waals surface area contributed by atoms with E-state index in [0.717, 1.165) is 31.9 Å². The summed E-state index contributed by atoms with van der Waals surface area (Å²) >= 11 is 0. The first-order chi connectivity index (χ1) is 14.9. The van der Waals surface area contributed by atoms with Crippen LogP contribution >= 0.6 is 0 Å². The van der Waals surface area contributed by atoms with Gasteiger partial charge >= 0.3 is 5.97 Å². The molecule has 0 aromatic carbocycles. The molecule has 1 saturated carbocycles. The average molecular weight is 423 g/mol. The summed E-state index contributed by atoms with van der Waals surface area (Å²) in [5.74, 6) is -0.371. The molecule has 3 aromatic rings. The van der Waals surface area contributed by atoms with Gasteiger partial charge in [0.2, 0.25) is 0 Å². The lowest BCUT2D eigenvalue weighted by atomic mass is 9.69. The van der Waals surface area contributed by atoms with Gasteiger partial charge in [-0.2, -0.15) is 0 Å². The Bertz CT molecular complexity index is 1120. The minimum atomic E-state index is -0.850. The Labute approximate surface area is 179 Å². The Hall–Kier alpha value is -3.29. The van der Waals surface area contributed by atoms with Gasteiger partial charge in [0.1, 0.15) is 17.3 Å². The first-order valence-electron chi connectivity index (χ1n) is 10.5. The molecule has 1 atom stereocenters. The zero-order valence-corrected chi connectivity index (χ0v) is 17.5. The third-order valence-electron chi connectivity index (χ3n) is 6.30. The molecule has 0 bridgehead atoms. The number of aliphatic carboxylic acids is 1. The van der Waals surface area contributed by atoms with Crippen LogP contribution in [0.15, 0.2) is 31.2 Å². The van der Waals surface area contributed by atoms with Crippen molar-refractivity contribution in [1.29, 1.82) is 0 Å². The number of rotatable bonds is 7. The van der Waals surface area contributed by atoms with Gasteiger partial charge in [0.15, 0.2) is 5.82 Å². The van der Waals surface area contributed by atoms with Gasteiger partial charge in [-0.3, -0.25) is 4.79 Å². The van der Waals surface area contributed by atoms with Crippen LogP contribution in [-0.2, 0) is 4.79 Å². The zero-order valence-electron chi connectivity index (χ0n) is 17.5. The van der Waals surface area contributed by atoms with Crippen molar-refractivity contribution in [3.05, 3.63) is 42.6 Å². The number of halogens is 1. The summed E-state index contributed by atoms with van der Waals surface area (Å²) in [6.07, 6.45) is 11.4. The molecular weight excluding hydrogens is 397 g/mol. The predicted octanol–water partition coefficient (Wildman–Crippen LogP) is 5.03. The quantitative estimate of drug-likeness (QED) is 0.493. The summed E-state index contributed by atoms with van der Waals surface area (Å²) < 4.78 is 13.8. The highest BCUT2D eigenvalue weighted by Gasteiger charge is 2.37. The summed E-state index contributed by atoms with van der Waals surface area (Å²) in [5.41, 5.74) is 1.70. The monoisotopic (exact) mass is 423 g/mol. The second-order valence-corrected chi connectivity index (χ2v) is 8.46. The molecule has 1 unspecified atom stereocenters. The lowest BCUT2D eigenvalue weighted by Crippen LogP contribution is -2.42. The molecule has 3 aromatic heterocycles. The summed E-state index contributed by atoms with van der Waals surface area (Å²) in [6.45, 7) is 5.99. The van der Waals surface area contributed by atoms with E-state index < -0.39 is 11.8 Å². The molecule has 3 N–H and O–H groups in total. The first kappa shape index (κ1) is 21.0. The minimum absolute atomic E-state index is 0.00532. The van der Waals surface area contributed by atoms with Crippen molar-refractivity contribution in [3.63, 3.8) is 0 Å². The molecule has 0 amide bonds. The molecule has 3 heterocycles. The van der Waals surface area contributed by atoms with E-state index in [2.05, 4.69) is 38.8 Å². The third kappa shape index (κ3) is 4.28. The smallest absolute Gasteiger partial charge is 0.305 e. The second kappa shape index (κ2) is 8.45. The van der Waals surface area contributed by atoms with Crippen molar-refractivity contribution in [2.75, 3.05) is 5.32 Å². The van der Waals surface area contributed by atoms with E-state index in [1.54, 1.807) is 18.5 Å². The van der Waals surface area contributed by atoms with E-state index in [0.29, 0.717) is 33.8 Å². The van der Waals surface area contributed by atoms with Crippen LogP contribution in [0.25, 0.3) is 28.5 Å². The largest absolute Gasteiger partial charge is 0.481 e. The topological polar surface area (TPSA) is 104 Å². The van der Waals surface area contributed by atoms with E-state index in [1.807, 2.05) is 0 Å². The Kier molecular flexibility index (Phi) is 5.71. The number of nitrogens with zero attached hydrogens (tertiary/aromatic N) is 3. The minimum Gasteiger partial charge on any atom is -0.481 e. The fraction of sp³-hybridized carbons (Fsp3) is 0.391. The Morgan fingerprint density at radius 1 is 1.35 bits per heavy atom. The number of fused-ring (bicyclic) bond motifs is 1. The van der Waals surface area contributed by atoms with E-state index in [9.17, 15) is 14.3 Å². The Balaban J connectivity index is 1.73. The van der Waals surface area contributed by atoms with Crippen molar-refractivity contribution in [3.8, 4) is 11.4 Å². The van der Waals surface area contributed by atoms with Gasteiger partial charge in [-0.15, -0.1) is 0 Å². The van der Waals surface area contributed by atoms with Crippen LogP contribution in [0.4, 0.5) is 10.2 Å².